The van der Waals surface area contributed by atoms with Crippen LogP contribution in [0.5, 0.6) is 0 Å². The second-order valence-electron chi connectivity index (χ2n) is 4.01. The van der Waals surface area contributed by atoms with Crippen LogP contribution < -0.4 is 5.73 Å². The summed E-state index contributed by atoms with van der Waals surface area (Å²) in [5, 5.41) is 7.12. The molecule has 0 amide bonds. The fourth-order valence-corrected chi connectivity index (χ4v) is 1.03. The van der Waals surface area contributed by atoms with Gasteiger partial charge in [-0.2, -0.15) is 13.2 Å². The van der Waals surface area contributed by atoms with Crippen LogP contribution in [0.15, 0.2) is 30.3 Å². The molecule has 0 unspecified atom stereocenters. The number of halogens is 5. The summed E-state index contributed by atoms with van der Waals surface area (Å²) in [6.07, 6.45) is -5.37. The van der Waals surface area contributed by atoms with Gasteiger partial charge in [-0.25, -0.2) is 13.6 Å². The zero-order valence-electron chi connectivity index (χ0n) is 10.5. The SMILES string of the molecule is C[C@@H](N)C(F)(F)Cc1ccccc1.O=C(O)C(F)(F)F. The summed E-state index contributed by atoms with van der Waals surface area (Å²) in [5.41, 5.74) is 5.78. The predicted molar refractivity (Wildman–Crippen MR) is 62.4 cm³/mol. The highest BCUT2D eigenvalue weighted by molar-refractivity contribution is 5.73. The third kappa shape index (κ3) is 7.03. The summed E-state index contributed by atoms with van der Waals surface area (Å²) < 4.78 is 58.0. The molecule has 0 aliphatic rings. The van der Waals surface area contributed by atoms with Crippen molar-refractivity contribution in [2.45, 2.75) is 31.5 Å². The third-order valence-corrected chi connectivity index (χ3v) is 2.19. The number of hydrogen-bond acceptors (Lipinski definition) is 2. The number of carbonyl (C=O) groups is 1. The van der Waals surface area contributed by atoms with Crippen molar-refractivity contribution in [2.75, 3.05) is 0 Å². The molecule has 1 aromatic carbocycles. The molecule has 0 saturated heterocycles. The molecule has 0 spiro atoms. The number of rotatable bonds is 3. The van der Waals surface area contributed by atoms with E-state index in [0.29, 0.717) is 5.56 Å². The van der Waals surface area contributed by atoms with Gasteiger partial charge in [-0.1, -0.05) is 30.3 Å². The van der Waals surface area contributed by atoms with Crippen molar-refractivity contribution in [3.8, 4) is 0 Å². The van der Waals surface area contributed by atoms with E-state index in [0.717, 1.165) is 0 Å². The number of aliphatic carboxylic acids is 1. The molecule has 1 aromatic rings. The van der Waals surface area contributed by atoms with E-state index in [1.807, 2.05) is 0 Å². The minimum Gasteiger partial charge on any atom is -0.475 e. The van der Waals surface area contributed by atoms with E-state index in [2.05, 4.69) is 0 Å². The first-order valence-electron chi connectivity index (χ1n) is 5.44. The first-order chi connectivity index (χ1) is 8.97. The number of alkyl halides is 5. The zero-order valence-corrected chi connectivity index (χ0v) is 10.5. The summed E-state index contributed by atoms with van der Waals surface area (Å²) in [7, 11) is 0. The van der Waals surface area contributed by atoms with Crippen LogP contribution in [0.1, 0.15) is 12.5 Å². The Morgan fingerprint density at radius 3 is 1.90 bits per heavy atom. The predicted octanol–water partition coefficient (Wildman–Crippen LogP) is 2.84. The molecule has 3 N–H and O–H groups in total. The molecule has 0 bridgehead atoms. The summed E-state index contributed by atoms with van der Waals surface area (Å²) in [6, 6.07) is 7.53. The van der Waals surface area contributed by atoms with Crippen molar-refractivity contribution < 1.29 is 31.9 Å². The summed E-state index contributed by atoms with van der Waals surface area (Å²) >= 11 is 0. The smallest absolute Gasteiger partial charge is 0.475 e. The third-order valence-electron chi connectivity index (χ3n) is 2.19. The molecule has 0 fully saturated rings. The maximum Gasteiger partial charge on any atom is 0.490 e. The van der Waals surface area contributed by atoms with Crippen LogP contribution in [-0.2, 0) is 11.2 Å². The van der Waals surface area contributed by atoms with Crippen molar-refractivity contribution in [3.05, 3.63) is 35.9 Å². The Kier molecular flexibility index (Phi) is 6.57. The monoisotopic (exact) mass is 299 g/mol. The van der Waals surface area contributed by atoms with Gasteiger partial charge in [0.25, 0.3) is 5.92 Å². The van der Waals surface area contributed by atoms with Gasteiger partial charge in [0, 0.05) is 6.42 Å². The lowest BCUT2D eigenvalue weighted by atomic mass is 10.0. The molecule has 0 heterocycles. The normalized spacial score (nSPS) is 13.2. The average Bonchev–Trinajstić information content (AvgIpc) is 2.29. The minimum absolute atomic E-state index is 0.286. The molecule has 0 saturated carbocycles. The van der Waals surface area contributed by atoms with Crippen LogP contribution in [0.3, 0.4) is 0 Å². The lowest BCUT2D eigenvalue weighted by Gasteiger charge is -2.19. The maximum atomic E-state index is 13.1. The van der Waals surface area contributed by atoms with Crippen LogP contribution in [0.2, 0.25) is 0 Å². The lowest BCUT2D eigenvalue weighted by molar-refractivity contribution is -0.192. The van der Waals surface area contributed by atoms with Crippen LogP contribution in [0.25, 0.3) is 0 Å². The minimum atomic E-state index is -5.08. The quantitative estimate of drug-likeness (QED) is 0.844. The van der Waals surface area contributed by atoms with Crippen molar-refractivity contribution in [2.24, 2.45) is 5.73 Å². The van der Waals surface area contributed by atoms with E-state index >= 15 is 0 Å². The van der Waals surface area contributed by atoms with Gasteiger partial charge in [-0.05, 0) is 12.5 Å². The number of carboxylic acids is 1. The second-order valence-corrected chi connectivity index (χ2v) is 4.01. The van der Waals surface area contributed by atoms with Gasteiger partial charge in [-0.3, -0.25) is 0 Å². The highest BCUT2D eigenvalue weighted by Gasteiger charge is 2.38. The average molecular weight is 299 g/mol. The number of hydrogen-bond donors (Lipinski definition) is 2. The summed E-state index contributed by atoms with van der Waals surface area (Å²) in [5.74, 6) is -5.58. The molecule has 0 aliphatic heterocycles. The summed E-state index contributed by atoms with van der Waals surface area (Å²) in [6.45, 7) is 1.32. The van der Waals surface area contributed by atoms with E-state index in [1.54, 1.807) is 30.3 Å². The Labute approximate surface area is 112 Å². The highest BCUT2D eigenvalue weighted by Crippen LogP contribution is 2.22. The van der Waals surface area contributed by atoms with E-state index in [-0.39, 0.29) is 6.42 Å². The standard InChI is InChI=1S/C10H13F2N.C2HF3O2/c1-8(13)10(11,12)7-9-5-3-2-4-6-9;3-2(4,5)1(6)7/h2-6,8H,7,13H2,1H3;(H,6,7)/t8-;/m1./s1. The lowest BCUT2D eigenvalue weighted by Crippen LogP contribution is -2.39. The number of nitrogens with two attached hydrogens (primary N) is 1. The van der Waals surface area contributed by atoms with Crippen molar-refractivity contribution in [1.29, 1.82) is 0 Å². The van der Waals surface area contributed by atoms with Gasteiger partial charge in [0.1, 0.15) is 0 Å². The summed E-state index contributed by atoms with van der Waals surface area (Å²) in [4.78, 5) is 8.90. The molecule has 0 aromatic heterocycles. The zero-order chi connectivity index (χ0) is 16.0. The van der Waals surface area contributed by atoms with Crippen molar-refractivity contribution in [1.82, 2.24) is 0 Å². The molecule has 0 radical (unpaired) electrons. The Hall–Kier alpha value is -1.70. The largest absolute Gasteiger partial charge is 0.490 e. The number of benzene rings is 1. The van der Waals surface area contributed by atoms with Gasteiger partial charge in [0.2, 0.25) is 0 Å². The van der Waals surface area contributed by atoms with Gasteiger partial charge >= 0.3 is 12.1 Å². The van der Waals surface area contributed by atoms with E-state index < -0.39 is 24.1 Å². The first kappa shape index (κ1) is 18.3. The Morgan fingerprint density at radius 2 is 1.60 bits per heavy atom. The van der Waals surface area contributed by atoms with E-state index in [1.165, 1.54) is 6.92 Å². The van der Waals surface area contributed by atoms with Gasteiger partial charge in [0.05, 0.1) is 6.04 Å². The first-order valence-corrected chi connectivity index (χ1v) is 5.44. The molecule has 1 atom stereocenters. The van der Waals surface area contributed by atoms with Crippen molar-refractivity contribution >= 4 is 5.97 Å². The molecule has 114 valence electrons. The van der Waals surface area contributed by atoms with Gasteiger partial charge in [0.15, 0.2) is 0 Å². The fraction of sp³-hybridized carbons (Fsp3) is 0.417. The van der Waals surface area contributed by atoms with Crippen molar-refractivity contribution in [3.63, 3.8) is 0 Å². The molecule has 1 rings (SSSR count). The fourth-order valence-electron chi connectivity index (χ4n) is 1.03. The molecule has 20 heavy (non-hydrogen) atoms. The maximum absolute atomic E-state index is 13.1. The van der Waals surface area contributed by atoms with E-state index in [4.69, 9.17) is 15.6 Å². The molecular formula is C12H14F5NO2. The Balaban J connectivity index is 0.000000441. The van der Waals surface area contributed by atoms with Crippen LogP contribution >= 0.6 is 0 Å². The Bertz CT molecular complexity index is 418. The second kappa shape index (κ2) is 7.18. The molecular weight excluding hydrogens is 285 g/mol. The molecule has 0 aliphatic carbocycles. The Morgan fingerprint density at radius 1 is 1.20 bits per heavy atom. The van der Waals surface area contributed by atoms with Crippen LogP contribution in [-0.4, -0.2) is 29.2 Å². The van der Waals surface area contributed by atoms with E-state index in [9.17, 15) is 22.0 Å². The highest BCUT2D eigenvalue weighted by atomic mass is 19.4. The van der Waals surface area contributed by atoms with Crippen LogP contribution in [0.4, 0.5) is 22.0 Å². The molecule has 8 heteroatoms. The topological polar surface area (TPSA) is 63.3 Å². The molecule has 3 nitrogen and oxygen atoms in total. The van der Waals surface area contributed by atoms with Crippen LogP contribution in [0, 0.1) is 0 Å². The van der Waals surface area contributed by atoms with Gasteiger partial charge < -0.3 is 10.8 Å². The van der Waals surface area contributed by atoms with Gasteiger partial charge in [-0.15, -0.1) is 0 Å². The number of carboxylic acid groups (broad SMARTS) is 1.